The van der Waals surface area contributed by atoms with Crippen molar-refractivity contribution >= 4 is 11.0 Å². The molecule has 8 nitrogen and oxygen atoms in total. The first kappa shape index (κ1) is 27.1. The van der Waals surface area contributed by atoms with Gasteiger partial charge in [-0.15, -0.1) is 0 Å². The molecule has 0 aliphatic carbocycles. The molecule has 2 unspecified atom stereocenters. The van der Waals surface area contributed by atoms with Crippen LogP contribution in [0.1, 0.15) is 23.1 Å². The number of hydrogen-bond acceptors (Lipinski definition) is 8. The molecule has 0 fully saturated rings. The van der Waals surface area contributed by atoms with Crippen LogP contribution in [0, 0.1) is 0 Å². The zero-order valence-electron chi connectivity index (χ0n) is 23.7. The number of ether oxygens (including phenoxy) is 6. The van der Waals surface area contributed by atoms with E-state index in [4.69, 9.17) is 32.8 Å². The molecule has 2 aliphatic rings. The van der Waals surface area contributed by atoms with Gasteiger partial charge in [0.25, 0.3) is 0 Å². The average Bonchev–Trinajstić information content (AvgIpc) is 3.42. The van der Waals surface area contributed by atoms with E-state index in [0.717, 1.165) is 34.1 Å². The molecule has 8 heteroatoms. The number of benzene rings is 4. The van der Waals surface area contributed by atoms with E-state index in [-0.39, 0.29) is 17.5 Å². The Morgan fingerprint density at radius 1 is 0.667 bits per heavy atom. The van der Waals surface area contributed by atoms with Gasteiger partial charge in [0.2, 0.25) is 0 Å². The molecule has 5 aromatic rings. The van der Waals surface area contributed by atoms with E-state index in [0.29, 0.717) is 34.8 Å². The highest BCUT2D eigenvalue weighted by molar-refractivity contribution is 5.80. The van der Waals surface area contributed by atoms with Gasteiger partial charge in [-0.25, -0.2) is 0 Å². The van der Waals surface area contributed by atoms with Crippen molar-refractivity contribution in [1.29, 1.82) is 0 Å². The highest BCUT2D eigenvalue weighted by Crippen LogP contribution is 2.52. The second-order valence-corrected chi connectivity index (χ2v) is 9.83. The van der Waals surface area contributed by atoms with E-state index >= 15 is 0 Å². The lowest BCUT2D eigenvalue weighted by atomic mass is 9.89. The van der Waals surface area contributed by atoms with E-state index in [1.807, 2.05) is 54.6 Å². The summed E-state index contributed by atoms with van der Waals surface area (Å²) < 4.78 is 38.8. The predicted octanol–water partition coefficient (Wildman–Crippen LogP) is 6.79. The van der Waals surface area contributed by atoms with Gasteiger partial charge in [0.05, 0.1) is 46.4 Å². The van der Waals surface area contributed by atoms with Gasteiger partial charge in [-0.2, -0.15) is 0 Å². The van der Waals surface area contributed by atoms with Crippen LogP contribution < -0.4 is 33.8 Å². The van der Waals surface area contributed by atoms with Gasteiger partial charge in [-0.05, 0) is 42.5 Å². The number of rotatable bonds is 5. The summed E-state index contributed by atoms with van der Waals surface area (Å²) >= 11 is 0. The van der Waals surface area contributed by atoms with Crippen LogP contribution in [-0.2, 0) is 0 Å². The molecule has 4 aromatic carbocycles. The molecule has 3 heterocycles. The summed E-state index contributed by atoms with van der Waals surface area (Å²) in [5, 5.41) is 0.530. The second-order valence-electron chi connectivity index (χ2n) is 9.83. The highest BCUT2D eigenvalue weighted by atomic mass is 16.5. The first-order valence-electron chi connectivity index (χ1n) is 13.4. The molecule has 0 amide bonds. The van der Waals surface area contributed by atoms with Crippen LogP contribution in [0.5, 0.6) is 34.5 Å². The quantitative estimate of drug-likeness (QED) is 0.230. The maximum atomic E-state index is 12.2. The Kier molecular flexibility index (Phi) is 7.35. The van der Waals surface area contributed by atoms with E-state index in [1.165, 1.54) is 11.6 Å². The molecule has 0 spiro atoms. The summed E-state index contributed by atoms with van der Waals surface area (Å²) in [7, 11) is 6.49. The summed E-state index contributed by atoms with van der Waals surface area (Å²) in [6, 6.07) is 25.9. The van der Waals surface area contributed by atoms with Crippen molar-refractivity contribution in [3.05, 3.63) is 106 Å². The molecular weight excluding hydrogens is 536 g/mol. The number of methoxy groups -OCH3 is 4. The van der Waals surface area contributed by atoms with Gasteiger partial charge in [-0.3, -0.25) is 4.79 Å². The SMILES string of the molecule is COc1ccc2c(c1)OC1c3ccc(OC)cc3OCC21.COc1cccc(-c2cc(=O)c3ccc(OC)cc3o2)c1. The van der Waals surface area contributed by atoms with Crippen molar-refractivity contribution < 1.29 is 32.8 Å². The van der Waals surface area contributed by atoms with Crippen LogP contribution >= 0.6 is 0 Å². The van der Waals surface area contributed by atoms with Gasteiger partial charge in [0, 0.05) is 41.0 Å². The molecule has 0 N–H and O–H groups in total. The molecular formula is C34H30O8. The zero-order valence-corrected chi connectivity index (χ0v) is 23.7. The minimum absolute atomic E-state index is 0.00163. The fourth-order valence-electron chi connectivity index (χ4n) is 5.25. The molecule has 214 valence electrons. The number of hydrogen-bond donors (Lipinski definition) is 0. The Labute approximate surface area is 242 Å². The van der Waals surface area contributed by atoms with Crippen molar-refractivity contribution in [2.24, 2.45) is 0 Å². The lowest BCUT2D eigenvalue weighted by molar-refractivity contribution is 0.139. The fraction of sp³-hybridized carbons (Fsp3) is 0.206. The molecule has 1 aromatic heterocycles. The Morgan fingerprint density at radius 3 is 2.05 bits per heavy atom. The third-order valence-electron chi connectivity index (χ3n) is 7.48. The Hall–Kier alpha value is -5.11. The van der Waals surface area contributed by atoms with Crippen molar-refractivity contribution in [3.63, 3.8) is 0 Å². The minimum Gasteiger partial charge on any atom is -0.497 e. The third-order valence-corrected chi connectivity index (χ3v) is 7.48. The van der Waals surface area contributed by atoms with Crippen LogP contribution in [0.3, 0.4) is 0 Å². The van der Waals surface area contributed by atoms with Crippen LogP contribution in [0.15, 0.2) is 94.1 Å². The largest absolute Gasteiger partial charge is 0.497 e. The maximum Gasteiger partial charge on any atom is 0.193 e. The van der Waals surface area contributed by atoms with Crippen molar-refractivity contribution in [2.75, 3.05) is 35.0 Å². The summed E-state index contributed by atoms with van der Waals surface area (Å²) in [6.07, 6.45) is 0.00163. The van der Waals surface area contributed by atoms with Crippen LogP contribution in [0.2, 0.25) is 0 Å². The van der Waals surface area contributed by atoms with E-state index in [9.17, 15) is 4.79 Å². The van der Waals surface area contributed by atoms with Gasteiger partial charge >= 0.3 is 0 Å². The zero-order chi connectivity index (χ0) is 29.2. The van der Waals surface area contributed by atoms with Gasteiger partial charge < -0.3 is 32.8 Å². The van der Waals surface area contributed by atoms with Gasteiger partial charge in [0.1, 0.15) is 51.9 Å². The molecule has 7 rings (SSSR count). The molecule has 0 radical (unpaired) electrons. The smallest absolute Gasteiger partial charge is 0.193 e. The lowest BCUT2D eigenvalue weighted by Gasteiger charge is -2.28. The van der Waals surface area contributed by atoms with E-state index in [1.54, 1.807) is 46.6 Å². The monoisotopic (exact) mass is 566 g/mol. The van der Waals surface area contributed by atoms with Crippen LogP contribution in [0.4, 0.5) is 0 Å². The Morgan fingerprint density at radius 2 is 1.31 bits per heavy atom. The third kappa shape index (κ3) is 5.07. The molecule has 42 heavy (non-hydrogen) atoms. The molecule has 2 aliphatic heterocycles. The molecule has 0 saturated carbocycles. The van der Waals surface area contributed by atoms with E-state index < -0.39 is 0 Å². The average molecular weight is 567 g/mol. The first-order valence-corrected chi connectivity index (χ1v) is 13.4. The predicted molar refractivity (Wildman–Crippen MR) is 159 cm³/mol. The molecule has 2 atom stereocenters. The van der Waals surface area contributed by atoms with E-state index in [2.05, 4.69) is 6.07 Å². The topological polar surface area (TPSA) is 85.6 Å². The molecule has 0 saturated heterocycles. The number of fused-ring (bicyclic) bond motifs is 6. The van der Waals surface area contributed by atoms with Crippen molar-refractivity contribution in [2.45, 2.75) is 12.0 Å². The standard InChI is InChI=1S/C17H16O4.C17H14O4/c1-18-10-4-6-13-15(7-10)20-9-14-12-5-3-11(19-2)8-16(12)21-17(13)14;1-19-12-5-3-4-11(8-12)16-10-15(18)14-7-6-13(20-2)9-17(14)21-16/h3-8,14,17H,9H2,1-2H3;3-10H,1-2H3. The maximum absolute atomic E-state index is 12.2. The normalized spacial score (nSPS) is 16.0. The summed E-state index contributed by atoms with van der Waals surface area (Å²) in [5.41, 5.74) is 3.46. The molecule has 0 bridgehead atoms. The Balaban J connectivity index is 0.000000150. The fourth-order valence-corrected chi connectivity index (χ4v) is 5.25. The summed E-state index contributed by atoms with van der Waals surface area (Å²) in [4.78, 5) is 12.2. The van der Waals surface area contributed by atoms with Crippen LogP contribution in [0.25, 0.3) is 22.3 Å². The lowest BCUT2D eigenvalue weighted by Crippen LogP contribution is -2.23. The minimum atomic E-state index is -0.0864. The summed E-state index contributed by atoms with van der Waals surface area (Å²) in [6.45, 7) is 0.615. The summed E-state index contributed by atoms with van der Waals surface area (Å²) in [5.74, 6) is 5.42. The van der Waals surface area contributed by atoms with Crippen LogP contribution in [-0.4, -0.2) is 35.0 Å². The highest BCUT2D eigenvalue weighted by Gasteiger charge is 2.40. The van der Waals surface area contributed by atoms with Gasteiger partial charge in [-0.1, -0.05) is 18.2 Å². The van der Waals surface area contributed by atoms with Crippen molar-refractivity contribution in [1.82, 2.24) is 0 Å². The van der Waals surface area contributed by atoms with Crippen molar-refractivity contribution in [3.8, 4) is 45.8 Å². The van der Waals surface area contributed by atoms with Gasteiger partial charge in [0.15, 0.2) is 5.43 Å². The Bertz CT molecular complexity index is 1810. The second kappa shape index (κ2) is 11.4. The first-order chi connectivity index (χ1) is 20.5.